The molecule has 4 heteroatoms. The van der Waals surface area contributed by atoms with Crippen LogP contribution in [0.25, 0.3) is 0 Å². The Hall–Kier alpha value is -1.39. The molecule has 2 aliphatic rings. The molecule has 2 saturated heterocycles. The molecule has 2 aliphatic heterocycles. The van der Waals surface area contributed by atoms with E-state index in [0.29, 0.717) is 6.42 Å². The smallest absolute Gasteiger partial charge is 0.222 e. The number of hydrogen-bond acceptors (Lipinski definition) is 3. The molecule has 0 bridgehead atoms. The summed E-state index contributed by atoms with van der Waals surface area (Å²) in [5, 5.41) is 0. The molecule has 4 nitrogen and oxygen atoms in total. The number of carbonyl (C=O) groups is 1. The van der Waals surface area contributed by atoms with Gasteiger partial charge in [-0.25, -0.2) is 0 Å². The SMILES string of the molecule is N[C@H]1CN(Cc2ccccc2)C[C@@H]1N1CCCC1=O. The van der Waals surface area contributed by atoms with Gasteiger partial charge in [0.15, 0.2) is 0 Å². The minimum atomic E-state index is 0.0887. The molecule has 0 unspecified atom stereocenters. The average Bonchev–Trinajstić information content (AvgIpc) is 2.97. The van der Waals surface area contributed by atoms with Crippen molar-refractivity contribution >= 4 is 5.91 Å². The first-order valence-corrected chi connectivity index (χ1v) is 7.05. The number of nitrogens with two attached hydrogens (primary N) is 1. The highest BCUT2D eigenvalue weighted by atomic mass is 16.2. The van der Waals surface area contributed by atoms with E-state index in [1.807, 2.05) is 11.0 Å². The molecule has 2 heterocycles. The molecule has 1 amide bonds. The van der Waals surface area contributed by atoms with Gasteiger partial charge >= 0.3 is 0 Å². The molecule has 102 valence electrons. The van der Waals surface area contributed by atoms with Crippen LogP contribution in [0.15, 0.2) is 30.3 Å². The van der Waals surface area contributed by atoms with Gasteiger partial charge in [0, 0.05) is 38.6 Å². The second-order valence-electron chi connectivity index (χ2n) is 5.60. The lowest BCUT2D eigenvalue weighted by atomic mass is 10.1. The van der Waals surface area contributed by atoms with Crippen LogP contribution >= 0.6 is 0 Å². The van der Waals surface area contributed by atoms with Crippen LogP contribution in [-0.2, 0) is 11.3 Å². The van der Waals surface area contributed by atoms with Crippen LogP contribution in [0.3, 0.4) is 0 Å². The van der Waals surface area contributed by atoms with Gasteiger partial charge < -0.3 is 10.6 Å². The van der Waals surface area contributed by atoms with E-state index in [0.717, 1.165) is 32.6 Å². The molecule has 0 aromatic heterocycles. The quantitative estimate of drug-likeness (QED) is 0.874. The molecule has 2 fully saturated rings. The highest BCUT2D eigenvalue weighted by Gasteiger charge is 2.38. The fraction of sp³-hybridized carbons (Fsp3) is 0.533. The number of likely N-dealkylation sites (tertiary alicyclic amines) is 2. The summed E-state index contributed by atoms with van der Waals surface area (Å²) in [6.07, 6.45) is 1.68. The van der Waals surface area contributed by atoms with E-state index in [4.69, 9.17) is 5.73 Å². The fourth-order valence-electron chi connectivity index (χ4n) is 3.21. The molecular formula is C15H21N3O. The first-order valence-electron chi connectivity index (χ1n) is 7.05. The minimum absolute atomic E-state index is 0.0887. The van der Waals surface area contributed by atoms with Gasteiger partial charge in [0.2, 0.25) is 5.91 Å². The number of hydrogen-bond donors (Lipinski definition) is 1. The van der Waals surface area contributed by atoms with E-state index >= 15 is 0 Å². The summed E-state index contributed by atoms with van der Waals surface area (Å²) in [5.41, 5.74) is 7.54. The van der Waals surface area contributed by atoms with E-state index in [1.165, 1.54) is 5.56 Å². The lowest BCUT2D eigenvalue weighted by Crippen LogP contribution is -2.47. The molecule has 3 rings (SSSR count). The van der Waals surface area contributed by atoms with E-state index in [-0.39, 0.29) is 18.0 Å². The Morgan fingerprint density at radius 2 is 2.00 bits per heavy atom. The van der Waals surface area contributed by atoms with Crippen molar-refractivity contribution in [1.29, 1.82) is 0 Å². The molecule has 2 N–H and O–H groups in total. The highest BCUT2D eigenvalue weighted by Crippen LogP contribution is 2.22. The monoisotopic (exact) mass is 259 g/mol. The normalized spacial score (nSPS) is 28.3. The van der Waals surface area contributed by atoms with Crippen LogP contribution in [-0.4, -0.2) is 47.4 Å². The molecule has 1 aromatic carbocycles. The first kappa shape index (κ1) is 12.6. The number of amides is 1. The number of benzene rings is 1. The topological polar surface area (TPSA) is 49.6 Å². The Balaban J connectivity index is 1.63. The molecule has 0 spiro atoms. The Morgan fingerprint density at radius 1 is 1.21 bits per heavy atom. The summed E-state index contributed by atoms with van der Waals surface area (Å²) in [6.45, 7) is 3.59. The van der Waals surface area contributed by atoms with Gasteiger partial charge in [-0.3, -0.25) is 9.69 Å². The van der Waals surface area contributed by atoms with Crippen molar-refractivity contribution in [3.63, 3.8) is 0 Å². The third-order valence-corrected chi connectivity index (χ3v) is 4.17. The number of carbonyl (C=O) groups excluding carboxylic acids is 1. The van der Waals surface area contributed by atoms with Crippen molar-refractivity contribution in [2.24, 2.45) is 5.73 Å². The second-order valence-corrected chi connectivity index (χ2v) is 5.60. The predicted molar refractivity (Wildman–Crippen MR) is 74.4 cm³/mol. The van der Waals surface area contributed by atoms with E-state index in [2.05, 4.69) is 29.2 Å². The van der Waals surface area contributed by atoms with Gasteiger partial charge in [-0.1, -0.05) is 30.3 Å². The van der Waals surface area contributed by atoms with Crippen LogP contribution in [0.4, 0.5) is 0 Å². The lowest BCUT2D eigenvalue weighted by Gasteiger charge is -2.26. The molecule has 19 heavy (non-hydrogen) atoms. The third kappa shape index (κ3) is 2.65. The van der Waals surface area contributed by atoms with Crippen LogP contribution in [0, 0.1) is 0 Å². The van der Waals surface area contributed by atoms with Crippen LogP contribution in [0.5, 0.6) is 0 Å². The molecule has 0 aliphatic carbocycles. The van der Waals surface area contributed by atoms with Crippen molar-refractivity contribution in [3.8, 4) is 0 Å². The van der Waals surface area contributed by atoms with Gasteiger partial charge in [-0.15, -0.1) is 0 Å². The molecular weight excluding hydrogens is 238 g/mol. The second kappa shape index (κ2) is 5.31. The Kier molecular flexibility index (Phi) is 3.53. The van der Waals surface area contributed by atoms with E-state index in [1.54, 1.807) is 0 Å². The zero-order valence-corrected chi connectivity index (χ0v) is 11.2. The van der Waals surface area contributed by atoms with Gasteiger partial charge in [0.1, 0.15) is 0 Å². The summed E-state index contributed by atoms with van der Waals surface area (Å²) in [7, 11) is 0. The maximum absolute atomic E-state index is 11.8. The number of nitrogens with zero attached hydrogens (tertiary/aromatic N) is 2. The third-order valence-electron chi connectivity index (χ3n) is 4.17. The summed E-state index contributed by atoms with van der Waals surface area (Å²) in [5.74, 6) is 0.280. The molecule has 2 atom stereocenters. The summed E-state index contributed by atoms with van der Waals surface area (Å²) in [4.78, 5) is 16.2. The van der Waals surface area contributed by atoms with Crippen LogP contribution < -0.4 is 5.73 Å². The predicted octanol–water partition coefficient (Wildman–Crippen LogP) is 0.820. The Morgan fingerprint density at radius 3 is 2.68 bits per heavy atom. The van der Waals surface area contributed by atoms with Crippen molar-refractivity contribution < 1.29 is 4.79 Å². The number of rotatable bonds is 3. The average molecular weight is 259 g/mol. The van der Waals surface area contributed by atoms with Crippen molar-refractivity contribution in [3.05, 3.63) is 35.9 Å². The van der Waals surface area contributed by atoms with Crippen molar-refractivity contribution in [1.82, 2.24) is 9.80 Å². The Labute approximate surface area is 114 Å². The van der Waals surface area contributed by atoms with Gasteiger partial charge in [-0.05, 0) is 12.0 Å². The van der Waals surface area contributed by atoms with Gasteiger partial charge in [0.05, 0.1) is 6.04 Å². The van der Waals surface area contributed by atoms with E-state index in [9.17, 15) is 4.79 Å². The summed E-state index contributed by atoms with van der Waals surface area (Å²) in [6, 6.07) is 10.7. The van der Waals surface area contributed by atoms with Crippen LogP contribution in [0.2, 0.25) is 0 Å². The minimum Gasteiger partial charge on any atom is -0.337 e. The fourth-order valence-corrected chi connectivity index (χ4v) is 3.21. The largest absolute Gasteiger partial charge is 0.337 e. The van der Waals surface area contributed by atoms with E-state index < -0.39 is 0 Å². The maximum atomic E-state index is 11.8. The van der Waals surface area contributed by atoms with Crippen molar-refractivity contribution in [2.45, 2.75) is 31.5 Å². The zero-order valence-electron chi connectivity index (χ0n) is 11.2. The summed E-state index contributed by atoms with van der Waals surface area (Å²) >= 11 is 0. The zero-order chi connectivity index (χ0) is 13.2. The first-order chi connectivity index (χ1) is 9.24. The highest BCUT2D eigenvalue weighted by molar-refractivity contribution is 5.78. The Bertz CT molecular complexity index is 448. The standard InChI is InChI=1S/C15H21N3O/c16-13-10-17(9-12-5-2-1-3-6-12)11-14(13)18-8-4-7-15(18)19/h1-3,5-6,13-14H,4,7-11,16H2/t13-,14-/m0/s1. The molecule has 0 radical (unpaired) electrons. The van der Waals surface area contributed by atoms with Gasteiger partial charge in [-0.2, -0.15) is 0 Å². The molecule has 0 saturated carbocycles. The van der Waals surface area contributed by atoms with Crippen LogP contribution in [0.1, 0.15) is 18.4 Å². The van der Waals surface area contributed by atoms with Gasteiger partial charge in [0.25, 0.3) is 0 Å². The van der Waals surface area contributed by atoms with Crippen molar-refractivity contribution in [2.75, 3.05) is 19.6 Å². The summed E-state index contributed by atoms with van der Waals surface area (Å²) < 4.78 is 0. The lowest BCUT2D eigenvalue weighted by molar-refractivity contribution is -0.129. The maximum Gasteiger partial charge on any atom is 0.222 e. The molecule has 1 aromatic rings.